The van der Waals surface area contributed by atoms with Crippen LogP contribution in [0.2, 0.25) is 0 Å². The average Bonchev–Trinajstić information content (AvgIpc) is 2.33. The molecule has 3 N–H and O–H groups in total. The Balaban J connectivity index is 3.38. The quantitative estimate of drug-likeness (QED) is 0.540. The third-order valence-corrected chi connectivity index (χ3v) is 6.58. The molecule has 1 aromatic carbocycles. The molecule has 0 saturated carbocycles. The highest BCUT2D eigenvalue weighted by atomic mass is 32.8. The number of phenolic OH excluding ortho intramolecular Hbond substituents is 1. The molecular formula is C15H25O7PS. The molecule has 0 aromatic heterocycles. The maximum absolute atomic E-state index is 11.5. The third kappa shape index (κ3) is 4.80. The predicted molar refractivity (Wildman–Crippen MR) is 91.7 cm³/mol. The number of aromatic hydroxyl groups is 1. The normalized spacial score (nSPS) is 16.0. The first-order valence-corrected chi connectivity index (χ1v) is 10.9. The number of hydrogen-bond donors (Lipinski definition) is 3. The second-order valence-electron chi connectivity index (χ2n) is 7.73. The number of rotatable bonds is 4. The van der Waals surface area contributed by atoms with Gasteiger partial charge in [0.2, 0.25) is 0 Å². The Hall–Kier alpha value is -0.920. The zero-order valence-corrected chi connectivity index (χ0v) is 16.4. The minimum Gasteiger partial charge on any atom is -0.507 e. The minimum atomic E-state index is -5.22. The molecule has 0 bridgehead atoms. The number of phenols is 1. The molecule has 0 heterocycles. The molecule has 0 fully saturated rings. The second kappa shape index (κ2) is 6.42. The molecule has 0 spiro atoms. The van der Waals surface area contributed by atoms with Crippen LogP contribution in [0.1, 0.15) is 58.2 Å². The Labute approximate surface area is 142 Å². The van der Waals surface area contributed by atoms with E-state index in [0.29, 0.717) is 16.7 Å². The van der Waals surface area contributed by atoms with Crippen LogP contribution in [-0.2, 0) is 36.3 Å². The standard InChI is InChI=1S/C15H25O7PS/c1-14(2,3)11-7-10(8-12(13(11)16)15(4,5)6)9-22-23(17,18)24(19,20)21/h7-8,16H,9H2,1-6H3,(H,17,18)(H,19,20,21). The molecule has 1 rings (SSSR count). The van der Waals surface area contributed by atoms with E-state index in [0.717, 1.165) is 0 Å². The van der Waals surface area contributed by atoms with E-state index in [1.807, 2.05) is 41.5 Å². The molecule has 9 heteroatoms. The van der Waals surface area contributed by atoms with Gasteiger partial charge < -0.3 is 10.00 Å². The van der Waals surface area contributed by atoms with Gasteiger partial charge in [-0.2, -0.15) is 8.42 Å². The Bertz CT molecular complexity index is 735. The molecule has 7 nitrogen and oxygen atoms in total. The molecule has 0 aliphatic carbocycles. The van der Waals surface area contributed by atoms with E-state index in [1.165, 1.54) is 0 Å². The molecule has 1 aromatic rings. The third-order valence-electron chi connectivity index (χ3n) is 3.47. The lowest BCUT2D eigenvalue weighted by Gasteiger charge is -2.28. The zero-order valence-electron chi connectivity index (χ0n) is 14.7. The van der Waals surface area contributed by atoms with E-state index < -0.39 is 34.0 Å². The van der Waals surface area contributed by atoms with Gasteiger partial charge in [0.25, 0.3) is 0 Å². The summed E-state index contributed by atoms with van der Waals surface area (Å²) in [6, 6.07) is 3.18. The molecule has 0 amide bonds. The van der Waals surface area contributed by atoms with Crippen molar-refractivity contribution in [2.75, 3.05) is 0 Å². The predicted octanol–water partition coefficient (Wildman–Crippen LogP) is 3.49. The fraction of sp³-hybridized carbons (Fsp3) is 0.600. The lowest BCUT2D eigenvalue weighted by atomic mass is 9.78. The van der Waals surface area contributed by atoms with Crippen LogP contribution in [0, 0.1) is 0 Å². The summed E-state index contributed by atoms with van der Waals surface area (Å²) in [7, 11) is -5.22. The molecule has 0 aliphatic rings. The van der Waals surface area contributed by atoms with Crippen LogP contribution in [-0.4, -0.2) is 23.0 Å². The Morgan fingerprint density at radius 2 is 1.42 bits per heavy atom. The average molecular weight is 380 g/mol. The summed E-state index contributed by atoms with van der Waals surface area (Å²) in [6.45, 7) is 5.68. The highest BCUT2D eigenvalue weighted by Crippen LogP contribution is 2.49. The number of benzene rings is 1. The van der Waals surface area contributed by atoms with Crippen LogP contribution < -0.4 is 0 Å². The van der Waals surface area contributed by atoms with Crippen molar-refractivity contribution in [1.29, 1.82) is 0 Å². The summed E-state index contributed by atoms with van der Waals surface area (Å²) in [6.07, 6.45) is 0. The summed E-state index contributed by atoms with van der Waals surface area (Å²) in [4.78, 5) is 9.27. The number of hydrogen-bond acceptors (Lipinski definition) is 5. The van der Waals surface area contributed by atoms with Crippen LogP contribution in [0.25, 0.3) is 0 Å². The highest BCUT2D eigenvalue weighted by Gasteiger charge is 2.36. The van der Waals surface area contributed by atoms with Crippen molar-refractivity contribution in [2.45, 2.75) is 59.0 Å². The molecule has 1 unspecified atom stereocenters. The smallest absolute Gasteiger partial charge is 0.469 e. The van der Waals surface area contributed by atoms with Crippen molar-refractivity contribution in [3.8, 4) is 5.75 Å². The van der Waals surface area contributed by atoms with Gasteiger partial charge in [0.15, 0.2) is 0 Å². The Morgan fingerprint density at radius 3 is 1.71 bits per heavy atom. The van der Waals surface area contributed by atoms with Gasteiger partial charge in [0, 0.05) is 0 Å². The molecule has 0 radical (unpaired) electrons. The molecular weight excluding hydrogens is 355 g/mol. The fourth-order valence-corrected chi connectivity index (χ4v) is 3.15. The molecule has 1 atom stereocenters. The lowest BCUT2D eigenvalue weighted by molar-refractivity contribution is 0.259. The van der Waals surface area contributed by atoms with Crippen molar-refractivity contribution in [3.05, 3.63) is 28.8 Å². The van der Waals surface area contributed by atoms with Crippen LogP contribution in [0.5, 0.6) is 5.75 Å². The van der Waals surface area contributed by atoms with Crippen molar-refractivity contribution >= 4 is 16.5 Å². The van der Waals surface area contributed by atoms with Crippen molar-refractivity contribution in [2.24, 2.45) is 0 Å². The summed E-state index contributed by atoms with van der Waals surface area (Å²) in [5, 5.41) is 10.6. The van der Waals surface area contributed by atoms with Crippen LogP contribution in [0.4, 0.5) is 0 Å². The van der Waals surface area contributed by atoms with E-state index in [2.05, 4.69) is 4.52 Å². The Kier molecular flexibility index (Phi) is 5.65. The summed E-state index contributed by atoms with van der Waals surface area (Å²) in [5.41, 5.74) is 0.805. The lowest BCUT2D eigenvalue weighted by Crippen LogP contribution is -2.18. The summed E-state index contributed by atoms with van der Waals surface area (Å²) < 4.78 is 46.5. The van der Waals surface area contributed by atoms with Crippen molar-refractivity contribution in [1.82, 2.24) is 0 Å². The van der Waals surface area contributed by atoms with Gasteiger partial charge in [0.05, 0.1) is 6.61 Å². The molecule has 0 aliphatic heterocycles. The van der Waals surface area contributed by atoms with Crippen LogP contribution in [0.3, 0.4) is 0 Å². The minimum absolute atomic E-state index is 0.126. The first kappa shape index (κ1) is 21.1. The van der Waals surface area contributed by atoms with Gasteiger partial charge in [0.1, 0.15) is 5.75 Å². The van der Waals surface area contributed by atoms with E-state index in [9.17, 15) is 23.0 Å². The van der Waals surface area contributed by atoms with Gasteiger partial charge in [-0.15, -0.1) is 0 Å². The van der Waals surface area contributed by atoms with E-state index in [-0.39, 0.29) is 5.75 Å². The van der Waals surface area contributed by atoms with Gasteiger partial charge >= 0.3 is 16.5 Å². The first-order valence-electron chi connectivity index (χ1n) is 7.28. The Morgan fingerprint density at radius 1 is 1.04 bits per heavy atom. The van der Waals surface area contributed by atoms with E-state index in [4.69, 9.17) is 4.55 Å². The van der Waals surface area contributed by atoms with Gasteiger partial charge in [-0.25, -0.2) is 4.57 Å². The topological polar surface area (TPSA) is 121 Å². The highest BCUT2D eigenvalue weighted by molar-refractivity contribution is 8.46. The summed E-state index contributed by atoms with van der Waals surface area (Å²) in [5.74, 6) is 0.126. The van der Waals surface area contributed by atoms with Crippen LogP contribution in [0.15, 0.2) is 12.1 Å². The first-order chi connectivity index (χ1) is 10.5. The van der Waals surface area contributed by atoms with Gasteiger partial charge in [-0.1, -0.05) is 41.5 Å². The SMILES string of the molecule is CC(C)(C)c1cc(COP(=O)(O)S(=O)(=O)O)cc(C(C)(C)C)c1O. The monoisotopic (exact) mass is 380 g/mol. The van der Waals surface area contributed by atoms with Crippen molar-refractivity contribution in [3.63, 3.8) is 0 Å². The second-order valence-corrected chi connectivity index (χ2v) is 12.6. The van der Waals surface area contributed by atoms with Crippen molar-refractivity contribution < 1.29 is 32.1 Å². The fourth-order valence-electron chi connectivity index (χ4n) is 2.14. The van der Waals surface area contributed by atoms with E-state index >= 15 is 0 Å². The van der Waals surface area contributed by atoms with Gasteiger partial charge in [-0.05, 0) is 39.7 Å². The maximum atomic E-state index is 11.5. The molecule has 138 valence electrons. The maximum Gasteiger partial charge on any atom is 0.469 e. The van der Waals surface area contributed by atoms with E-state index in [1.54, 1.807) is 12.1 Å². The van der Waals surface area contributed by atoms with Crippen LogP contribution >= 0.6 is 6.80 Å². The molecule has 24 heavy (non-hydrogen) atoms. The molecule has 0 saturated heterocycles. The zero-order chi connectivity index (χ0) is 19.1. The summed E-state index contributed by atoms with van der Waals surface area (Å²) >= 11 is 0. The largest absolute Gasteiger partial charge is 0.507 e. The van der Waals surface area contributed by atoms with Gasteiger partial charge in [-0.3, -0.25) is 9.08 Å².